The van der Waals surface area contributed by atoms with Gasteiger partial charge < -0.3 is 5.11 Å². The molecule has 106 valence electrons. The van der Waals surface area contributed by atoms with E-state index in [1.807, 2.05) is 6.92 Å². The molecule has 1 N–H and O–H groups in total. The number of rotatable bonds is 3. The van der Waals surface area contributed by atoms with E-state index in [-0.39, 0.29) is 17.4 Å². The lowest BCUT2D eigenvalue weighted by atomic mass is 9.98. The number of sulfonamides is 1. The number of benzene rings is 1. The van der Waals surface area contributed by atoms with Crippen LogP contribution < -0.4 is 0 Å². The molecular formula is C13H18ClNO3S. The van der Waals surface area contributed by atoms with Crippen LogP contribution in [0.3, 0.4) is 0 Å². The molecule has 1 aromatic rings. The predicted molar refractivity (Wildman–Crippen MR) is 74.5 cm³/mol. The van der Waals surface area contributed by atoms with E-state index in [9.17, 15) is 13.5 Å². The molecule has 4 nitrogen and oxygen atoms in total. The average Bonchev–Trinajstić information content (AvgIpc) is 2.41. The zero-order chi connectivity index (χ0) is 14.0. The van der Waals surface area contributed by atoms with Gasteiger partial charge in [0.2, 0.25) is 10.0 Å². The van der Waals surface area contributed by atoms with Crippen LogP contribution >= 0.6 is 11.6 Å². The van der Waals surface area contributed by atoms with Crippen molar-refractivity contribution >= 4 is 21.6 Å². The highest BCUT2D eigenvalue weighted by molar-refractivity contribution is 7.89. The van der Waals surface area contributed by atoms with E-state index in [1.165, 1.54) is 4.31 Å². The molecule has 0 aliphatic carbocycles. The summed E-state index contributed by atoms with van der Waals surface area (Å²) in [5.74, 6) is 0.505. The third-order valence-corrected chi connectivity index (χ3v) is 5.78. The lowest BCUT2D eigenvalue weighted by molar-refractivity contribution is 0.0605. The summed E-state index contributed by atoms with van der Waals surface area (Å²) in [4.78, 5) is 0.253. The number of halogens is 1. The molecule has 2 atom stereocenters. The minimum atomic E-state index is -3.51. The molecule has 0 bridgehead atoms. The summed E-state index contributed by atoms with van der Waals surface area (Å²) < 4.78 is 26.2. The highest BCUT2D eigenvalue weighted by atomic mass is 35.5. The van der Waals surface area contributed by atoms with Crippen molar-refractivity contribution in [2.45, 2.75) is 30.2 Å². The summed E-state index contributed by atoms with van der Waals surface area (Å²) in [5, 5.41) is 9.82. The monoisotopic (exact) mass is 303 g/mol. The molecule has 2 unspecified atom stereocenters. The van der Waals surface area contributed by atoms with E-state index in [0.29, 0.717) is 18.8 Å². The zero-order valence-corrected chi connectivity index (χ0v) is 12.4. The number of alkyl halides is 1. The van der Waals surface area contributed by atoms with Crippen molar-refractivity contribution in [2.75, 3.05) is 13.1 Å². The summed E-state index contributed by atoms with van der Waals surface area (Å²) >= 11 is 5.68. The minimum Gasteiger partial charge on any atom is -0.391 e. The maximum absolute atomic E-state index is 12.4. The predicted octanol–water partition coefficient (Wildman–Crippen LogP) is 1.82. The number of aliphatic hydroxyl groups excluding tert-OH is 1. The SMILES string of the molecule is CC1CCN(S(=O)(=O)c2ccc(CCl)cc2)CC1O. The van der Waals surface area contributed by atoms with Crippen LogP contribution in [0.1, 0.15) is 18.9 Å². The van der Waals surface area contributed by atoms with Crippen molar-refractivity contribution < 1.29 is 13.5 Å². The largest absolute Gasteiger partial charge is 0.391 e. The summed E-state index contributed by atoms with van der Waals surface area (Å²) in [7, 11) is -3.51. The van der Waals surface area contributed by atoms with Gasteiger partial charge in [-0.1, -0.05) is 19.1 Å². The maximum Gasteiger partial charge on any atom is 0.243 e. The molecule has 0 amide bonds. The second-order valence-electron chi connectivity index (χ2n) is 4.97. The quantitative estimate of drug-likeness (QED) is 0.867. The number of aliphatic hydroxyl groups is 1. The molecule has 1 fully saturated rings. The Morgan fingerprint density at radius 1 is 1.37 bits per heavy atom. The Hall–Kier alpha value is -0.620. The first-order chi connectivity index (χ1) is 8.95. The molecule has 1 aliphatic heterocycles. The lowest BCUT2D eigenvalue weighted by Gasteiger charge is -2.33. The molecule has 0 spiro atoms. The lowest BCUT2D eigenvalue weighted by Crippen LogP contribution is -2.45. The number of piperidine rings is 1. The number of hydrogen-bond donors (Lipinski definition) is 1. The van der Waals surface area contributed by atoms with Gasteiger partial charge in [0, 0.05) is 19.0 Å². The Morgan fingerprint density at radius 3 is 2.53 bits per heavy atom. The van der Waals surface area contributed by atoms with Crippen molar-refractivity contribution in [1.82, 2.24) is 4.31 Å². The van der Waals surface area contributed by atoms with Crippen LogP contribution in [-0.2, 0) is 15.9 Å². The molecule has 0 aromatic heterocycles. The van der Waals surface area contributed by atoms with Gasteiger partial charge in [-0.3, -0.25) is 0 Å². The second-order valence-corrected chi connectivity index (χ2v) is 7.18. The molecule has 1 saturated heterocycles. The molecule has 0 radical (unpaired) electrons. The molecule has 1 aromatic carbocycles. The molecule has 6 heteroatoms. The first-order valence-corrected chi connectivity index (χ1v) is 8.25. The smallest absolute Gasteiger partial charge is 0.243 e. The Kier molecular flexibility index (Phi) is 4.50. The van der Waals surface area contributed by atoms with E-state index in [1.54, 1.807) is 24.3 Å². The van der Waals surface area contributed by atoms with E-state index < -0.39 is 16.1 Å². The molecule has 2 rings (SSSR count). The van der Waals surface area contributed by atoms with E-state index in [0.717, 1.165) is 5.56 Å². The third kappa shape index (κ3) is 3.11. The molecular weight excluding hydrogens is 286 g/mol. The van der Waals surface area contributed by atoms with Crippen molar-refractivity contribution in [3.05, 3.63) is 29.8 Å². The fourth-order valence-electron chi connectivity index (χ4n) is 2.14. The van der Waals surface area contributed by atoms with E-state index in [4.69, 9.17) is 11.6 Å². The first-order valence-electron chi connectivity index (χ1n) is 6.28. The minimum absolute atomic E-state index is 0.144. The van der Waals surface area contributed by atoms with Crippen molar-refractivity contribution in [3.63, 3.8) is 0 Å². The third-order valence-electron chi connectivity index (χ3n) is 3.60. The fourth-order valence-corrected chi connectivity index (χ4v) is 3.79. The summed E-state index contributed by atoms with van der Waals surface area (Å²) in [6.45, 7) is 2.56. The average molecular weight is 304 g/mol. The number of nitrogens with zero attached hydrogens (tertiary/aromatic N) is 1. The normalized spacial score (nSPS) is 25.4. The highest BCUT2D eigenvalue weighted by Gasteiger charge is 2.32. The Morgan fingerprint density at radius 2 is 2.00 bits per heavy atom. The summed E-state index contributed by atoms with van der Waals surface area (Å²) in [5.41, 5.74) is 0.882. The van der Waals surface area contributed by atoms with Gasteiger partial charge in [0.25, 0.3) is 0 Å². The van der Waals surface area contributed by atoms with Crippen LogP contribution in [-0.4, -0.2) is 37.0 Å². The second kappa shape index (κ2) is 5.79. The van der Waals surface area contributed by atoms with Gasteiger partial charge in [-0.15, -0.1) is 11.6 Å². The topological polar surface area (TPSA) is 57.6 Å². The van der Waals surface area contributed by atoms with Gasteiger partial charge in [-0.25, -0.2) is 8.42 Å². The van der Waals surface area contributed by atoms with Crippen LogP contribution in [0.25, 0.3) is 0 Å². The Labute approximate surface area is 119 Å². The maximum atomic E-state index is 12.4. The van der Waals surface area contributed by atoms with Gasteiger partial charge in [0.1, 0.15) is 0 Å². The van der Waals surface area contributed by atoms with Crippen LogP contribution in [0.15, 0.2) is 29.2 Å². The van der Waals surface area contributed by atoms with Crippen LogP contribution in [0.4, 0.5) is 0 Å². The Balaban J connectivity index is 2.21. The van der Waals surface area contributed by atoms with Crippen molar-refractivity contribution in [2.24, 2.45) is 5.92 Å². The summed E-state index contributed by atoms with van der Waals surface area (Å²) in [6, 6.07) is 6.56. The van der Waals surface area contributed by atoms with Gasteiger partial charge >= 0.3 is 0 Å². The van der Waals surface area contributed by atoms with Gasteiger partial charge in [0.15, 0.2) is 0 Å². The Bertz CT molecular complexity index is 529. The highest BCUT2D eigenvalue weighted by Crippen LogP contribution is 2.24. The molecule has 1 aliphatic rings. The van der Waals surface area contributed by atoms with E-state index in [2.05, 4.69) is 0 Å². The number of hydrogen-bond acceptors (Lipinski definition) is 3. The fraction of sp³-hybridized carbons (Fsp3) is 0.538. The van der Waals surface area contributed by atoms with Crippen LogP contribution in [0.5, 0.6) is 0 Å². The van der Waals surface area contributed by atoms with Gasteiger partial charge in [-0.2, -0.15) is 4.31 Å². The van der Waals surface area contributed by atoms with E-state index >= 15 is 0 Å². The number of β-amino-alcohol motifs (C(OH)–C–C–N with tert-alkyl or cyclic N) is 1. The molecule has 19 heavy (non-hydrogen) atoms. The zero-order valence-electron chi connectivity index (χ0n) is 10.8. The van der Waals surface area contributed by atoms with Crippen LogP contribution in [0.2, 0.25) is 0 Å². The van der Waals surface area contributed by atoms with Crippen LogP contribution in [0, 0.1) is 5.92 Å². The standard InChI is InChI=1S/C13H18ClNO3S/c1-10-6-7-15(9-13(10)16)19(17,18)12-4-2-11(8-14)3-5-12/h2-5,10,13,16H,6-9H2,1H3. The molecule has 1 heterocycles. The van der Waals surface area contributed by atoms with Gasteiger partial charge in [-0.05, 0) is 30.0 Å². The summed E-state index contributed by atoms with van der Waals surface area (Å²) in [6.07, 6.45) is 0.0887. The molecule has 0 saturated carbocycles. The van der Waals surface area contributed by atoms with Gasteiger partial charge in [0.05, 0.1) is 11.0 Å². The van der Waals surface area contributed by atoms with Crippen molar-refractivity contribution in [1.29, 1.82) is 0 Å². The van der Waals surface area contributed by atoms with Crippen molar-refractivity contribution in [3.8, 4) is 0 Å². The first kappa shape index (κ1) is 14.8.